The van der Waals surface area contributed by atoms with Gasteiger partial charge in [-0.15, -0.1) is 0 Å². The summed E-state index contributed by atoms with van der Waals surface area (Å²) in [7, 11) is 0. The Balaban J connectivity index is 1.70. The van der Waals surface area contributed by atoms with Crippen molar-refractivity contribution in [2.24, 2.45) is 5.92 Å². The van der Waals surface area contributed by atoms with Crippen LogP contribution < -0.4 is 10.1 Å². The van der Waals surface area contributed by atoms with Crippen LogP contribution in [0.3, 0.4) is 0 Å². The molecule has 32 heavy (non-hydrogen) atoms. The Labute approximate surface area is 191 Å². The van der Waals surface area contributed by atoms with E-state index in [2.05, 4.69) is 47.5 Å². The van der Waals surface area contributed by atoms with Crippen LogP contribution in [0, 0.1) is 12.8 Å². The number of hydrogen-bond acceptors (Lipinski definition) is 3. The minimum absolute atomic E-state index is 0.126. The van der Waals surface area contributed by atoms with Crippen molar-refractivity contribution >= 4 is 11.8 Å². The summed E-state index contributed by atoms with van der Waals surface area (Å²) < 4.78 is 5.98. The van der Waals surface area contributed by atoms with Crippen LogP contribution >= 0.6 is 0 Å². The van der Waals surface area contributed by atoms with Gasteiger partial charge in [-0.25, -0.2) is 0 Å². The summed E-state index contributed by atoms with van der Waals surface area (Å²) in [6, 6.07) is 14.4. The summed E-state index contributed by atoms with van der Waals surface area (Å²) in [5, 5.41) is 2.81. The van der Waals surface area contributed by atoms with Crippen molar-refractivity contribution in [2.45, 2.75) is 65.0 Å². The molecule has 1 aliphatic carbocycles. The summed E-state index contributed by atoms with van der Waals surface area (Å²) in [6.45, 7) is 7.05. The van der Waals surface area contributed by atoms with Crippen LogP contribution in [0.4, 0.5) is 0 Å². The molecule has 1 heterocycles. The number of amides is 2. The van der Waals surface area contributed by atoms with Crippen molar-refractivity contribution in [2.75, 3.05) is 13.1 Å². The first-order chi connectivity index (χ1) is 15.5. The fourth-order valence-corrected chi connectivity index (χ4v) is 5.09. The van der Waals surface area contributed by atoms with Crippen LogP contribution in [0.2, 0.25) is 0 Å². The molecule has 170 valence electrons. The number of hydrogen-bond donors (Lipinski definition) is 1. The van der Waals surface area contributed by atoms with Gasteiger partial charge in [0.15, 0.2) is 6.10 Å². The number of carbonyl (C=O) groups excluding carboxylic acids is 2. The third-order valence-corrected chi connectivity index (χ3v) is 6.72. The van der Waals surface area contributed by atoms with Crippen LogP contribution in [0.5, 0.6) is 5.75 Å². The van der Waals surface area contributed by atoms with Gasteiger partial charge < -0.3 is 15.0 Å². The lowest BCUT2D eigenvalue weighted by Crippen LogP contribution is -2.43. The lowest BCUT2D eigenvalue weighted by atomic mass is 9.86. The first-order valence-corrected chi connectivity index (χ1v) is 11.9. The highest BCUT2D eigenvalue weighted by Gasteiger charge is 2.36. The van der Waals surface area contributed by atoms with E-state index in [1.165, 1.54) is 11.1 Å². The van der Waals surface area contributed by atoms with E-state index >= 15 is 0 Å². The molecule has 2 atom stereocenters. The minimum Gasteiger partial charge on any atom is -0.481 e. The van der Waals surface area contributed by atoms with E-state index in [-0.39, 0.29) is 23.8 Å². The molecule has 0 bridgehead atoms. The third kappa shape index (κ3) is 4.67. The molecule has 1 aliphatic heterocycles. The zero-order chi connectivity index (χ0) is 22.7. The second-order valence-corrected chi connectivity index (χ2v) is 9.09. The fourth-order valence-electron chi connectivity index (χ4n) is 5.09. The smallest absolute Gasteiger partial charge is 0.260 e. The molecule has 0 aromatic heterocycles. The van der Waals surface area contributed by atoms with E-state index in [1.54, 1.807) is 6.92 Å². The zero-order valence-electron chi connectivity index (χ0n) is 19.4. The number of nitrogens with one attached hydrogen (secondary N) is 1. The molecule has 0 unspecified atom stereocenters. The Hall–Kier alpha value is -2.82. The molecule has 4 rings (SSSR count). The summed E-state index contributed by atoms with van der Waals surface area (Å²) in [6.07, 6.45) is 4.54. The highest BCUT2D eigenvalue weighted by atomic mass is 16.5. The third-order valence-electron chi connectivity index (χ3n) is 6.72. The molecule has 2 amide bonds. The largest absolute Gasteiger partial charge is 0.481 e. The molecular formula is C27H34N2O3. The number of nitrogens with zero attached hydrogens (tertiary/aromatic N) is 1. The van der Waals surface area contributed by atoms with Crippen LogP contribution in [0.15, 0.2) is 42.5 Å². The molecule has 2 aliphatic rings. The Morgan fingerprint density at radius 2 is 1.94 bits per heavy atom. The van der Waals surface area contributed by atoms with Gasteiger partial charge in [0.1, 0.15) is 5.75 Å². The Kier molecular flexibility index (Phi) is 6.83. The second-order valence-electron chi connectivity index (χ2n) is 9.09. The molecule has 2 aromatic rings. The molecule has 1 saturated carbocycles. The van der Waals surface area contributed by atoms with Gasteiger partial charge in [-0.05, 0) is 68.9 Å². The van der Waals surface area contributed by atoms with Crippen molar-refractivity contribution in [3.05, 3.63) is 64.7 Å². The standard InChI is InChI=1S/C27H34N2O3/c1-4-28-26(30)19(3)32-23-13-12-20-14-15-29(27(31)21-9-5-6-10-21)25(24(20)17-23)22-11-7-8-18(2)16-22/h7-8,11-13,16-17,19,21,25H,4-6,9-10,14-15H2,1-3H3,(H,28,30)/t19-,25+/m1/s1. The average molecular weight is 435 g/mol. The highest BCUT2D eigenvalue weighted by Crippen LogP contribution is 2.40. The zero-order valence-corrected chi connectivity index (χ0v) is 19.4. The monoisotopic (exact) mass is 434 g/mol. The molecule has 1 N–H and O–H groups in total. The van der Waals surface area contributed by atoms with E-state index < -0.39 is 6.10 Å². The van der Waals surface area contributed by atoms with Gasteiger partial charge in [0.25, 0.3) is 5.91 Å². The van der Waals surface area contributed by atoms with Crippen molar-refractivity contribution < 1.29 is 14.3 Å². The lowest BCUT2D eigenvalue weighted by molar-refractivity contribution is -0.137. The summed E-state index contributed by atoms with van der Waals surface area (Å²) in [5.74, 6) is 0.955. The summed E-state index contributed by atoms with van der Waals surface area (Å²) in [4.78, 5) is 27.8. The lowest BCUT2D eigenvalue weighted by Gasteiger charge is -2.39. The molecule has 0 spiro atoms. The van der Waals surface area contributed by atoms with Crippen molar-refractivity contribution in [1.82, 2.24) is 10.2 Å². The van der Waals surface area contributed by atoms with Gasteiger partial charge in [0, 0.05) is 19.0 Å². The van der Waals surface area contributed by atoms with E-state index in [4.69, 9.17) is 4.74 Å². The first kappa shape index (κ1) is 22.4. The maximum Gasteiger partial charge on any atom is 0.260 e. The molecule has 2 aromatic carbocycles. The second kappa shape index (κ2) is 9.76. The number of aryl methyl sites for hydroxylation is 1. The predicted octanol–water partition coefficient (Wildman–Crippen LogP) is 4.56. The van der Waals surface area contributed by atoms with Crippen LogP contribution in [-0.4, -0.2) is 35.9 Å². The number of rotatable bonds is 6. The minimum atomic E-state index is -0.578. The summed E-state index contributed by atoms with van der Waals surface area (Å²) in [5.41, 5.74) is 4.66. The first-order valence-electron chi connectivity index (χ1n) is 11.9. The maximum absolute atomic E-state index is 13.5. The SMILES string of the molecule is CCNC(=O)[C@@H](C)Oc1ccc2c(c1)[C@H](c1cccc(C)c1)N(C(=O)C1CCCC1)CC2. The average Bonchev–Trinajstić information content (AvgIpc) is 3.33. The molecule has 1 fully saturated rings. The number of carbonyl (C=O) groups is 2. The predicted molar refractivity (Wildman–Crippen MR) is 126 cm³/mol. The Morgan fingerprint density at radius 1 is 1.16 bits per heavy atom. The van der Waals surface area contributed by atoms with E-state index in [1.807, 2.05) is 19.1 Å². The molecule has 0 saturated heterocycles. The van der Waals surface area contributed by atoms with E-state index in [0.29, 0.717) is 12.3 Å². The molecule has 5 nitrogen and oxygen atoms in total. The van der Waals surface area contributed by atoms with Gasteiger partial charge >= 0.3 is 0 Å². The van der Waals surface area contributed by atoms with Gasteiger partial charge in [0.2, 0.25) is 5.91 Å². The Morgan fingerprint density at radius 3 is 2.66 bits per heavy atom. The number of ether oxygens (including phenoxy) is 1. The van der Waals surface area contributed by atoms with Crippen LogP contribution in [0.1, 0.15) is 67.8 Å². The van der Waals surface area contributed by atoms with Crippen LogP contribution in [0.25, 0.3) is 0 Å². The highest BCUT2D eigenvalue weighted by molar-refractivity contribution is 5.81. The number of benzene rings is 2. The van der Waals surface area contributed by atoms with E-state index in [9.17, 15) is 9.59 Å². The fraction of sp³-hybridized carbons (Fsp3) is 0.481. The molecule has 5 heteroatoms. The van der Waals surface area contributed by atoms with Gasteiger partial charge in [0.05, 0.1) is 6.04 Å². The van der Waals surface area contributed by atoms with Crippen LogP contribution in [-0.2, 0) is 16.0 Å². The molecule has 0 radical (unpaired) electrons. The van der Waals surface area contributed by atoms with E-state index in [0.717, 1.165) is 49.8 Å². The number of fused-ring (bicyclic) bond motifs is 1. The van der Waals surface area contributed by atoms with Gasteiger partial charge in [-0.2, -0.15) is 0 Å². The van der Waals surface area contributed by atoms with Gasteiger partial charge in [-0.1, -0.05) is 48.7 Å². The number of likely N-dealkylation sites (N-methyl/N-ethyl adjacent to an activating group) is 1. The normalized spacial score (nSPS) is 19.3. The van der Waals surface area contributed by atoms with Crippen molar-refractivity contribution in [3.63, 3.8) is 0 Å². The van der Waals surface area contributed by atoms with Crippen molar-refractivity contribution in [3.8, 4) is 5.75 Å². The quantitative estimate of drug-likeness (QED) is 0.725. The molecular weight excluding hydrogens is 400 g/mol. The topological polar surface area (TPSA) is 58.6 Å². The summed E-state index contributed by atoms with van der Waals surface area (Å²) >= 11 is 0. The Bertz CT molecular complexity index is 981. The van der Waals surface area contributed by atoms with Crippen molar-refractivity contribution in [1.29, 1.82) is 0 Å². The maximum atomic E-state index is 13.5. The van der Waals surface area contributed by atoms with Gasteiger partial charge in [-0.3, -0.25) is 9.59 Å².